The van der Waals surface area contributed by atoms with E-state index in [1.54, 1.807) is 0 Å². The summed E-state index contributed by atoms with van der Waals surface area (Å²) in [4.78, 5) is 23.0. The van der Waals surface area contributed by atoms with Gasteiger partial charge in [0.1, 0.15) is 13.2 Å². The smallest absolute Gasteiger partial charge is 0.391 e. The molecule has 0 bridgehead atoms. The molecular weight excluding hydrogens is 635 g/mol. The lowest BCUT2D eigenvalue weighted by Crippen LogP contribution is -2.46. The molecule has 49 heavy (non-hydrogen) atoms. The topological polar surface area (TPSA) is 105 Å². The molecule has 8 nitrogen and oxygen atoms in total. The highest BCUT2D eigenvalue weighted by atomic mass is 31.2. The number of phosphoric ester groups is 1. The number of aliphatic hydroxyl groups excluding tert-OH is 1. The number of nitrogens with one attached hydrogen (secondary N) is 1. The summed E-state index contributed by atoms with van der Waals surface area (Å²) in [5, 5.41) is 13.9. The van der Waals surface area contributed by atoms with Crippen molar-refractivity contribution in [2.24, 2.45) is 0 Å². The molecule has 0 fully saturated rings. The van der Waals surface area contributed by atoms with Crippen LogP contribution in [-0.2, 0) is 18.4 Å². The SMILES string of the molecule is CCCCCCCCCCCCCCCCCC[C@@H](O)[C@H](COP(=O)(O)OCC[N+](C)(C)C)NC(=O)CCCCCCCCCCCCC. The molecule has 3 atom stereocenters. The van der Waals surface area contributed by atoms with Crippen LogP contribution in [0.4, 0.5) is 0 Å². The summed E-state index contributed by atoms with van der Waals surface area (Å²) in [7, 11) is 1.62. The van der Waals surface area contributed by atoms with E-state index in [0.717, 1.165) is 38.5 Å². The number of quaternary nitrogens is 1. The molecule has 0 aromatic carbocycles. The maximum Gasteiger partial charge on any atom is 0.472 e. The molecule has 0 aromatic heterocycles. The first-order chi connectivity index (χ1) is 23.5. The Bertz CT molecular complexity index is 778. The van der Waals surface area contributed by atoms with Gasteiger partial charge in [0.15, 0.2) is 0 Å². The van der Waals surface area contributed by atoms with Crippen molar-refractivity contribution in [1.29, 1.82) is 0 Å². The van der Waals surface area contributed by atoms with Crippen molar-refractivity contribution in [2.45, 2.75) is 212 Å². The zero-order chi connectivity index (χ0) is 36.5. The molecule has 0 aliphatic rings. The minimum atomic E-state index is -4.30. The minimum Gasteiger partial charge on any atom is -0.391 e. The number of hydrogen-bond donors (Lipinski definition) is 3. The maximum absolute atomic E-state index is 12.8. The van der Waals surface area contributed by atoms with Gasteiger partial charge in [0.2, 0.25) is 5.91 Å². The Morgan fingerprint density at radius 1 is 0.612 bits per heavy atom. The Kier molecular flexibility index (Phi) is 33.0. The average molecular weight is 720 g/mol. The van der Waals surface area contributed by atoms with Crippen molar-refractivity contribution in [3.05, 3.63) is 0 Å². The molecule has 1 amide bonds. The molecule has 0 rings (SSSR count). The zero-order valence-electron chi connectivity index (χ0n) is 33.2. The van der Waals surface area contributed by atoms with Crippen LogP contribution in [0.2, 0.25) is 0 Å². The van der Waals surface area contributed by atoms with Gasteiger partial charge in [-0.2, -0.15) is 0 Å². The average Bonchev–Trinajstić information content (AvgIpc) is 3.04. The molecule has 0 saturated heterocycles. The monoisotopic (exact) mass is 720 g/mol. The van der Waals surface area contributed by atoms with E-state index in [1.807, 2.05) is 21.1 Å². The second-order valence-electron chi connectivity index (χ2n) is 15.7. The minimum absolute atomic E-state index is 0.0783. The van der Waals surface area contributed by atoms with Crippen molar-refractivity contribution in [3.63, 3.8) is 0 Å². The Balaban J connectivity index is 4.37. The van der Waals surface area contributed by atoms with Gasteiger partial charge in [0, 0.05) is 6.42 Å². The number of unbranched alkanes of at least 4 members (excludes halogenated alkanes) is 25. The second kappa shape index (κ2) is 33.3. The highest BCUT2D eigenvalue weighted by Crippen LogP contribution is 2.43. The van der Waals surface area contributed by atoms with E-state index in [4.69, 9.17) is 9.05 Å². The summed E-state index contributed by atoms with van der Waals surface area (Å²) in [5.74, 6) is -0.144. The van der Waals surface area contributed by atoms with Crippen molar-refractivity contribution in [1.82, 2.24) is 5.32 Å². The fourth-order valence-corrected chi connectivity index (χ4v) is 6.96. The van der Waals surface area contributed by atoms with Crippen molar-refractivity contribution in [3.8, 4) is 0 Å². The van der Waals surface area contributed by atoms with E-state index in [1.165, 1.54) is 135 Å². The first-order valence-electron chi connectivity index (χ1n) is 20.9. The first-order valence-corrected chi connectivity index (χ1v) is 22.4. The molecule has 294 valence electrons. The van der Waals surface area contributed by atoms with Gasteiger partial charge in [-0.15, -0.1) is 0 Å². The van der Waals surface area contributed by atoms with Crippen LogP contribution >= 0.6 is 7.82 Å². The summed E-state index contributed by atoms with van der Waals surface area (Å²) in [6, 6.07) is -0.751. The van der Waals surface area contributed by atoms with Crippen LogP contribution in [0.3, 0.4) is 0 Å². The number of amides is 1. The van der Waals surface area contributed by atoms with Crippen molar-refractivity contribution in [2.75, 3.05) is 40.9 Å². The molecule has 0 aromatic rings. The van der Waals surface area contributed by atoms with Crippen LogP contribution in [0.15, 0.2) is 0 Å². The fourth-order valence-electron chi connectivity index (χ4n) is 6.22. The fraction of sp³-hybridized carbons (Fsp3) is 0.975. The third-order valence-corrected chi connectivity index (χ3v) is 10.6. The van der Waals surface area contributed by atoms with Gasteiger partial charge in [0.05, 0.1) is 39.9 Å². The lowest BCUT2D eigenvalue weighted by atomic mass is 10.0. The predicted molar refractivity (Wildman–Crippen MR) is 208 cm³/mol. The van der Waals surface area contributed by atoms with Crippen LogP contribution in [0.1, 0.15) is 200 Å². The molecule has 0 aliphatic carbocycles. The van der Waals surface area contributed by atoms with Crippen molar-refractivity contribution < 1.29 is 32.9 Å². The number of phosphoric acid groups is 1. The second-order valence-corrected chi connectivity index (χ2v) is 17.2. The summed E-state index contributed by atoms with van der Waals surface area (Å²) >= 11 is 0. The number of likely N-dealkylation sites (N-methyl/N-ethyl adjacent to an activating group) is 1. The Morgan fingerprint density at radius 3 is 1.37 bits per heavy atom. The standard InChI is InChI=1S/C40H83N2O6P/c1-6-8-10-12-14-16-18-19-20-21-22-24-25-27-29-31-33-39(43)38(37-48-49(45,46)47-36-35-42(3,4)5)41-40(44)34-32-30-28-26-23-17-15-13-11-9-7-2/h38-39,43H,6-37H2,1-5H3,(H-,41,44,45,46)/p+1/t38-,39+/m0/s1. The van der Waals surface area contributed by atoms with Gasteiger partial charge in [-0.05, 0) is 12.8 Å². The molecule has 0 saturated carbocycles. The summed E-state index contributed by atoms with van der Waals surface area (Å²) in [6.45, 7) is 4.88. The molecule has 0 aliphatic heterocycles. The number of hydrogen-bond acceptors (Lipinski definition) is 5. The summed E-state index contributed by atoms with van der Waals surface area (Å²) < 4.78 is 23.6. The van der Waals surface area contributed by atoms with Crippen LogP contribution in [0.5, 0.6) is 0 Å². The zero-order valence-corrected chi connectivity index (χ0v) is 34.1. The van der Waals surface area contributed by atoms with Crippen LogP contribution in [-0.4, -0.2) is 73.4 Å². The number of aliphatic hydroxyl groups is 1. The molecule has 3 N–H and O–H groups in total. The largest absolute Gasteiger partial charge is 0.472 e. The lowest BCUT2D eigenvalue weighted by molar-refractivity contribution is -0.870. The highest BCUT2D eigenvalue weighted by molar-refractivity contribution is 7.47. The van der Waals surface area contributed by atoms with Gasteiger partial charge in [-0.1, -0.05) is 181 Å². The van der Waals surface area contributed by atoms with Gasteiger partial charge in [-0.3, -0.25) is 13.8 Å². The molecule has 0 heterocycles. The van der Waals surface area contributed by atoms with Crippen LogP contribution in [0.25, 0.3) is 0 Å². The number of rotatable bonds is 38. The number of nitrogens with zero attached hydrogens (tertiary/aromatic N) is 1. The van der Waals surface area contributed by atoms with Crippen molar-refractivity contribution >= 4 is 13.7 Å². The van der Waals surface area contributed by atoms with E-state index in [2.05, 4.69) is 19.2 Å². The summed E-state index contributed by atoms with van der Waals surface area (Å²) in [6.07, 6.45) is 34.0. The van der Waals surface area contributed by atoms with Gasteiger partial charge >= 0.3 is 7.82 Å². The normalized spacial score (nSPS) is 14.5. The van der Waals surface area contributed by atoms with Gasteiger partial charge < -0.3 is 19.8 Å². The maximum atomic E-state index is 12.8. The predicted octanol–water partition coefficient (Wildman–Crippen LogP) is 11.0. The lowest BCUT2D eigenvalue weighted by Gasteiger charge is -2.26. The Hall–Kier alpha value is -0.500. The third-order valence-electron chi connectivity index (χ3n) is 9.61. The van der Waals surface area contributed by atoms with E-state index >= 15 is 0 Å². The van der Waals surface area contributed by atoms with Gasteiger partial charge in [0.25, 0.3) is 0 Å². The molecule has 0 radical (unpaired) electrons. The van der Waals surface area contributed by atoms with Crippen LogP contribution in [0, 0.1) is 0 Å². The molecule has 0 spiro atoms. The molecule has 1 unspecified atom stereocenters. The molecule has 9 heteroatoms. The van der Waals surface area contributed by atoms with E-state index in [0.29, 0.717) is 23.9 Å². The Labute approximate surface area is 304 Å². The quantitative estimate of drug-likeness (QED) is 0.0333. The van der Waals surface area contributed by atoms with E-state index in [9.17, 15) is 19.4 Å². The van der Waals surface area contributed by atoms with E-state index in [-0.39, 0.29) is 19.1 Å². The number of carbonyl (C=O) groups is 1. The number of carbonyl (C=O) groups excluding carboxylic acids is 1. The Morgan fingerprint density at radius 2 is 0.980 bits per heavy atom. The summed E-state index contributed by atoms with van der Waals surface area (Å²) in [5.41, 5.74) is 0. The van der Waals surface area contributed by atoms with E-state index < -0.39 is 20.0 Å². The highest BCUT2D eigenvalue weighted by Gasteiger charge is 2.28. The third kappa shape index (κ3) is 35.7. The first kappa shape index (κ1) is 48.5. The molecular formula is C40H84N2O6P+. The van der Waals surface area contributed by atoms with Crippen LogP contribution < -0.4 is 5.32 Å². The van der Waals surface area contributed by atoms with Gasteiger partial charge in [-0.25, -0.2) is 4.57 Å².